The smallest absolute Gasteiger partial charge is 0.134 e. The molecule has 1 saturated heterocycles. The van der Waals surface area contributed by atoms with Crippen molar-refractivity contribution in [2.75, 3.05) is 13.2 Å². The van der Waals surface area contributed by atoms with Crippen molar-refractivity contribution in [2.24, 2.45) is 0 Å². The lowest BCUT2D eigenvalue weighted by atomic mass is 10.0. The summed E-state index contributed by atoms with van der Waals surface area (Å²) in [5, 5.41) is 29.3. The Balaban J connectivity index is 2.76. The number of Topliss-reactive ketones (excluding diaryl/α,β-unsaturated/α-hetero) is 1. The van der Waals surface area contributed by atoms with E-state index in [1.807, 2.05) is 4.90 Å². The number of aliphatic hydroxyl groups is 3. The van der Waals surface area contributed by atoms with Crippen molar-refractivity contribution in [3.8, 4) is 12.3 Å². The molecule has 1 rings (SSSR count). The van der Waals surface area contributed by atoms with Crippen LogP contribution in [0.25, 0.3) is 0 Å². The van der Waals surface area contributed by atoms with Gasteiger partial charge >= 0.3 is 0 Å². The topological polar surface area (TPSA) is 81.0 Å². The van der Waals surface area contributed by atoms with Gasteiger partial charge in [-0.15, -0.1) is 12.3 Å². The normalized spacial score (nSPS) is 31.3. The van der Waals surface area contributed by atoms with E-state index in [2.05, 4.69) is 5.92 Å². The Morgan fingerprint density at radius 3 is 2.47 bits per heavy atom. The van der Waals surface area contributed by atoms with Gasteiger partial charge in [-0.3, -0.25) is 9.69 Å². The fourth-order valence-electron chi connectivity index (χ4n) is 2.62. The van der Waals surface area contributed by atoms with Gasteiger partial charge in [-0.1, -0.05) is 6.92 Å². The zero-order valence-corrected chi connectivity index (χ0v) is 11.3. The van der Waals surface area contributed by atoms with E-state index in [0.717, 1.165) is 0 Å². The third-order valence-electron chi connectivity index (χ3n) is 3.75. The second-order valence-corrected chi connectivity index (χ2v) is 4.94. The van der Waals surface area contributed by atoms with Crippen LogP contribution in [-0.4, -0.2) is 63.4 Å². The highest BCUT2D eigenvalue weighted by molar-refractivity contribution is 5.78. The maximum Gasteiger partial charge on any atom is 0.134 e. The lowest BCUT2D eigenvalue weighted by molar-refractivity contribution is -0.120. The standard InChI is InChI=1S/C14H23NO4/c1-3-5-6-7-15-11(8-10(17)4-2)13(18)14(19)12(15)9-16/h1,11-14,16,18-19H,4-9H2,2H3/t11?,12-,13-,14-/m1/s1. The first-order valence-electron chi connectivity index (χ1n) is 6.74. The molecule has 0 aromatic rings. The molecule has 3 N–H and O–H groups in total. The summed E-state index contributed by atoms with van der Waals surface area (Å²) in [4.78, 5) is 13.4. The first-order valence-corrected chi connectivity index (χ1v) is 6.74. The Morgan fingerprint density at radius 1 is 1.32 bits per heavy atom. The molecule has 0 amide bonds. The van der Waals surface area contributed by atoms with Gasteiger partial charge in [-0.05, 0) is 13.0 Å². The minimum atomic E-state index is -1.02. The molecule has 0 bridgehead atoms. The van der Waals surface area contributed by atoms with Crippen LogP contribution in [0.2, 0.25) is 0 Å². The molecule has 5 heteroatoms. The van der Waals surface area contributed by atoms with Crippen LogP contribution >= 0.6 is 0 Å². The number of rotatable bonds is 7. The molecule has 0 saturated carbocycles. The monoisotopic (exact) mass is 269 g/mol. The van der Waals surface area contributed by atoms with E-state index >= 15 is 0 Å². The van der Waals surface area contributed by atoms with E-state index in [0.29, 0.717) is 25.8 Å². The Hall–Kier alpha value is -0.930. The summed E-state index contributed by atoms with van der Waals surface area (Å²) in [5.74, 6) is 2.57. The summed E-state index contributed by atoms with van der Waals surface area (Å²) in [6, 6.07) is -0.959. The van der Waals surface area contributed by atoms with Crippen molar-refractivity contribution in [3.05, 3.63) is 0 Å². The van der Waals surface area contributed by atoms with Crippen LogP contribution in [0.5, 0.6) is 0 Å². The van der Waals surface area contributed by atoms with E-state index in [9.17, 15) is 20.1 Å². The summed E-state index contributed by atoms with van der Waals surface area (Å²) >= 11 is 0. The lowest BCUT2D eigenvalue weighted by Gasteiger charge is -2.29. The number of carbonyl (C=O) groups excluding carboxylic acids is 1. The van der Waals surface area contributed by atoms with E-state index in [1.165, 1.54) is 0 Å². The molecule has 1 aliphatic rings. The SMILES string of the molecule is C#CCCCN1C(CC(=O)CC)[C@@H](O)[C@H](O)[C@H]1CO. The van der Waals surface area contributed by atoms with Crippen LogP contribution in [0.4, 0.5) is 0 Å². The molecule has 0 aromatic carbocycles. The van der Waals surface area contributed by atoms with E-state index in [1.54, 1.807) is 6.92 Å². The number of terminal acetylenes is 1. The van der Waals surface area contributed by atoms with Crippen molar-refractivity contribution in [3.63, 3.8) is 0 Å². The van der Waals surface area contributed by atoms with Crippen molar-refractivity contribution in [1.82, 2.24) is 4.90 Å². The highest BCUT2D eigenvalue weighted by Gasteiger charge is 2.47. The maximum absolute atomic E-state index is 11.6. The Morgan fingerprint density at radius 2 is 1.95 bits per heavy atom. The van der Waals surface area contributed by atoms with E-state index in [-0.39, 0.29) is 18.8 Å². The van der Waals surface area contributed by atoms with Crippen molar-refractivity contribution in [1.29, 1.82) is 0 Å². The quantitative estimate of drug-likeness (QED) is 0.430. The molecule has 0 spiro atoms. The fraction of sp³-hybridized carbons (Fsp3) is 0.786. The van der Waals surface area contributed by atoms with Gasteiger partial charge in [0.25, 0.3) is 0 Å². The molecule has 1 heterocycles. The molecule has 0 radical (unpaired) electrons. The first-order chi connectivity index (χ1) is 9.06. The van der Waals surface area contributed by atoms with Crippen molar-refractivity contribution in [2.45, 2.75) is 56.9 Å². The zero-order chi connectivity index (χ0) is 14.4. The zero-order valence-electron chi connectivity index (χ0n) is 11.3. The molecule has 19 heavy (non-hydrogen) atoms. The van der Waals surface area contributed by atoms with Crippen LogP contribution in [-0.2, 0) is 4.79 Å². The number of nitrogens with zero attached hydrogens (tertiary/aromatic N) is 1. The number of carbonyl (C=O) groups is 1. The number of aliphatic hydroxyl groups excluding tert-OH is 3. The third-order valence-corrected chi connectivity index (χ3v) is 3.75. The van der Waals surface area contributed by atoms with Gasteiger partial charge in [-0.25, -0.2) is 0 Å². The molecule has 4 atom stereocenters. The molecule has 1 aliphatic heterocycles. The Labute approximate surface area is 114 Å². The van der Waals surface area contributed by atoms with Crippen molar-refractivity contribution < 1.29 is 20.1 Å². The highest BCUT2D eigenvalue weighted by Crippen LogP contribution is 2.28. The predicted octanol–water partition coefficient (Wildman–Crippen LogP) is -0.464. The van der Waals surface area contributed by atoms with Crippen LogP contribution in [0, 0.1) is 12.3 Å². The molecule has 5 nitrogen and oxygen atoms in total. The van der Waals surface area contributed by atoms with E-state index < -0.39 is 24.3 Å². The predicted molar refractivity (Wildman–Crippen MR) is 71.4 cm³/mol. The van der Waals surface area contributed by atoms with Gasteiger partial charge in [0.1, 0.15) is 5.78 Å². The molecule has 1 unspecified atom stereocenters. The number of hydrogen-bond acceptors (Lipinski definition) is 5. The number of unbranched alkanes of at least 4 members (excludes halogenated alkanes) is 1. The Kier molecular flexibility index (Phi) is 6.46. The average Bonchev–Trinajstić information content (AvgIpc) is 2.63. The van der Waals surface area contributed by atoms with Crippen LogP contribution in [0.3, 0.4) is 0 Å². The Bertz CT molecular complexity index is 339. The largest absolute Gasteiger partial charge is 0.395 e. The average molecular weight is 269 g/mol. The molecular formula is C14H23NO4. The van der Waals surface area contributed by atoms with Crippen LogP contribution < -0.4 is 0 Å². The summed E-state index contributed by atoms with van der Waals surface area (Å²) in [5.41, 5.74) is 0. The van der Waals surface area contributed by atoms with Gasteiger partial charge < -0.3 is 15.3 Å². The molecule has 1 fully saturated rings. The van der Waals surface area contributed by atoms with Gasteiger partial charge in [-0.2, -0.15) is 0 Å². The summed E-state index contributed by atoms with van der Waals surface area (Å²) in [6.07, 6.45) is 5.08. The van der Waals surface area contributed by atoms with Gasteiger partial charge in [0.2, 0.25) is 0 Å². The van der Waals surface area contributed by atoms with Gasteiger partial charge in [0, 0.05) is 25.3 Å². The molecule has 0 aliphatic carbocycles. The second kappa shape index (κ2) is 7.61. The minimum Gasteiger partial charge on any atom is -0.395 e. The molecule has 0 aromatic heterocycles. The highest BCUT2D eigenvalue weighted by atomic mass is 16.3. The third kappa shape index (κ3) is 3.77. The number of likely N-dealkylation sites (tertiary alicyclic amines) is 1. The van der Waals surface area contributed by atoms with Crippen LogP contribution in [0.15, 0.2) is 0 Å². The van der Waals surface area contributed by atoms with Gasteiger partial charge in [0.15, 0.2) is 0 Å². The maximum atomic E-state index is 11.6. The summed E-state index contributed by atoms with van der Waals surface area (Å²) in [6.45, 7) is 2.09. The minimum absolute atomic E-state index is 0.0387. The first kappa shape index (κ1) is 16.1. The number of hydrogen-bond donors (Lipinski definition) is 3. The summed E-state index contributed by atoms with van der Waals surface area (Å²) in [7, 11) is 0. The number of ketones is 1. The van der Waals surface area contributed by atoms with Gasteiger partial charge in [0.05, 0.1) is 24.9 Å². The molecular weight excluding hydrogens is 246 g/mol. The molecule has 108 valence electrons. The van der Waals surface area contributed by atoms with Crippen LogP contribution in [0.1, 0.15) is 32.6 Å². The second-order valence-electron chi connectivity index (χ2n) is 4.94. The lowest BCUT2D eigenvalue weighted by Crippen LogP contribution is -2.42. The fourth-order valence-corrected chi connectivity index (χ4v) is 2.62. The summed E-state index contributed by atoms with van der Waals surface area (Å²) < 4.78 is 0. The van der Waals surface area contributed by atoms with E-state index in [4.69, 9.17) is 6.42 Å². The van der Waals surface area contributed by atoms with Crippen molar-refractivity contribution >= 4 is 5.78 Å².